The van der Waals surface area contributed by atoms with Crippen molar-refractivity contribution < 1.29 is 14.3 Å². The van der Waals surface area contributed by atoms with Crippen LogP contribution in [0, 0.1) is 23.2 Å². The first-order valence-electron chi connectivity index (χ1n) is 8.97. The van der Waals surface area contributed by atoms with E-state index in [-0.39, 0.29) is 11.4 Å². The molecule has 0 N–H and O–H groups in total. The molecule has 0 aromatic carbocycles. The monoisotopic (exact) mass is 306 g/mol. The maximum atomic E-state index is 12.3. The van der Waals surface area contributed by atoms with E-state index >= 15 is 0 Å². The molecule has 0 aromatic rings. The van der Waals surface area contributed by atoms with Gasteiger partial charge in [0.05, 0.1) is 0 Å². The van der Waals surface area contributed by atoms with Crippen molar-refractivity contribution in [2.24, 2.45) is 23.2 Å². The minimum absolute atomic E-state index is 0.198. The largest absolute Gasteiger partial charge is 0.432 e. The zero-order chi connectivity index (χ0) is 15.7. The van der Waals surface area contributed by atoms with E-state index in [4.69, 9.17) is 9.47 Å². The molecule has 22 heavy (non-hydrogen) atoms. The van der Waals surface area contributed by atoms with E-state index in [1.807, 2.05) is 6.92 Å². The predicted molar refractivity (Wildman–Crippen MR) is 86.2 cm³/mol. The first-order valence-corrected chi connectivity index (χ1v) is 8.97. The van der Waals surface area contributed by atoms with Gasteiger partial charge in [0.2, 0.25) is 6.29 Å². The summed E-state index contributed by atoms with van der Waals surface area (Å²) in [4.78, 5) is 12.3. The topological polar surface area (TPSA) is 35.5 Å². The molecule has 0 radical (unpaired) electrons. The molecule has 4 rings (SSSR count). The molecule has 4 fully saturated rings. The molecule has 0 amide bonds. The van der Waals surface area contributed by atoms with Gasteiger partial charge >= 0.3 is 5.97 Å². The smallest absolute Gasteiger partial charge is 0.335 e. The van der Waals surface area contributed by atoms with Gasteiger partial charge in [-0.15, -0.1) is 0 Å². The van der Waals surface area contributed by atoms with Crippen molar-refractivity contribution in [1.29, 1.82) is 0 Å². The van der Waals surface area contributed by atoms with Crippen LogP contribution in [-0.2, 0) is 14.3 Å². The fourth-order valence-corrected chi connectivity index (χ4v) is 5.55. The van der Waals surface area contributed by atoms with Crippen molar-refractivity contribution in [2.75, 3.05) is 7.11 Å². The summed E-state index contributed by atoms with van der Waals surface area (Å²) in [6.45, 7) is 3.98. The van der Waals surface area contributed by atoms with E-state index < -0.39 is 6.29 Å². The van der Waals surface area contributed by atoms with Crippen LogP contribution in [0.2, 0.25) is 0 Å². The number of rotatable bonds is 6. The maximum absolute atomic E-state index is 12.3. The van der Waals surface area contributed by atoms with E-state index in [0.29, 0.717) is 0 Å². The highest BCUT2D eigenvalue weighted by molar-refractivity contribution is 5.88. The third kappa shape index (κ3) is 3.24. The van der Waals surface area contributed by atoms with E-state index in [9.17, 15) is 4.79 Å². The summed E-state index contributed by atoms with van der Waals surface area (Å²) in [5.74, 6) is 2.51. The van der Waals surface area contributed by atoms with Crippen molar-refractivity contribution in [1.82, 2.24) is 0 Å². The van der Waals surface area contributed by atoms with Gasteiger partial charge in [0.25, 0.3) is 0 Å². The van der Waals surface area contributed by atoms with Crippen molar-refractivity contribution in [2.45, 2.75) is 71.5 Å². The van der Waals surface area contributed by atoms with Crippen LogP contribution in [0.15, 0.2) is 11.6 Å². The standard InChI is InChI=1S/C19H30O3/c1-4-5-17(21-3)22-18(20)13(2)9-19-10-14-6-15(11-19)8-16(7-14)12-19/h9,14-17H,4-8,10-12H2,1-3H3/b13-9+. The van der Waals surface area contributed by atoms with Gasteiger partial charge in [-0.3, -0.25) is 0 Å². The zero-order valence-corrected chi connectivity index (χ0v) is 14.3. The molecule has 0 heterocycles. The molecule has 4 aliphatic carbocycles. The number of esters is 1. The molecule has 124 valence electrons. The fourth-order valence-electron chi connectivity index (χ4n) is 5.55. The first-order chi connectivity index (χ1) is 10.5. The molecule has 3 heteroatoms. The van der Waals surface area contributed by atoms with E-state index in [1.54, 1.807) is 7.11 Å². The Labute approximate surface area is 134 Å². The van der Waals surface area contributed by atoms with Gasteiger partial charge in [-0.05, 0) is 68.6 Å². The highest BCUT2D eigenvalue weighted by Crippen LogP contribution is 2.60. The third-order valence-corrected chi connectivity index (χ3v) is 5.96. The van der Waals surface area contributed by atoms with Crippen LogP contribution in [0.5, 0.6) is 0 Å². The second kappa shape index (κ2) is 6.35. The number of carbonyl (C=O) groups excluding carboxylic acids is 1. The van der Waals surface area contributed by atoms with Crippen molar-refractivity contribution in [3.8, 4) is 0 Å². The Balaban J connectivity index is 1.67. The van der Waals surface area contributed by atoms with Crippen molar-refractivity contribution in [3.05, 3.63) is 11.6 Å². The average Bonchev–Trinajstić information content (AvgIpc) is 2.44. The lowest BCUT2D eigenvalue weighted by molar-refractivity contribution is -0.169. The summed E-state index contributed by atoms with van der Waals surface area (Å²) in [6, 6.07) is 0. The lowest BCUT2D eigenvalue weighted by Crippen LogP contribution is -2.45. The van der Waals surface area contributed by atoms with E-state index in [1.165, 1.54) is 38.5 Å². The number of carbonyl (C=O) groups is 1. The van der Waals surface area contributed by atoms with Gasteiger partial charge in [0, 0.05) is 19.1 Å². The number of hydrogen-bond donors (Lipinski definition) is 0. The van der Waals surface area contributed by atoms with Gasteiger partial charge in [-0.2, -0.15) is 0 Å². The Morgan fingerprint density at radius 1 is 1.18 bits per heavy atom. The number of hydrogen-bond acceptors (Lipinski definition) is 3. The van der Waals surface area contributed by atoms with Crippen LogP contribution in [0.25, 0.3) is 0 Å². The lowest BCUT2D eigenvalue weighted by atomic mass is 9.49. The Kier molecular flexibility index (Phi) is 4.63. The van der Waals surface area contributed by atoms with Crippen molar-refractivity contribution >= 4 is 5.97 Å². The SMILES string of the molecule is CCCC(OC)OC(=O)/C(C)=C/C12CC3CC(CC(C3)C1)C2. The predicted octanol–water partition coefficient (Wildman–Crippen LogP) is 4.46. The molecule has 3 nitrogen and oxygen atoms in total. The quantitative estimate of drug-likeness (QED) is 0.413. The second-order valence-corrected chi connectivity index (χ2v) is 7.97. The number of methoxy groups -OCH3 is 1. The fraction of sp³-hybridized carbons (Fsp3) is 0.842. The number of allylic oxidation sites excluding steroid dienone is 1. The highest BCUT2D eigenvalue weighted by Gasteiger charge is 2.49. The molecule has 0 saturated heterocycles. The lowest BCUT2D eigenvalue weighted by Gasteiger charge is -2.56. The minimum atomic E-state index is -0.405. The minimum Gasteiger partial charge on any atom is -0.432 e. The average molecular weight is 306 g/mol. The summed E-state index contributed by atoms with van der Waals surface area (Å²) in [7, 11) is 1.60. The first kappa shape index (κ1) is 16.0. The van der Waals surface area contributed by atoms with Crippen LogP contribution in [0.3, 0.4) is 0 Å². The zero-order valence-electron chi connectivity index (χ0n) is 14.3. The van der Waals surface area contributed by atoms with Gasteiger partial charge in [-0.25, -0.2) is 4.79 Å². The Bertz CT molecular complexity index is 416. The number of ether oxygens (including phenoxy) is 2. The second-order valence-electron chi connectivity index (χ2n) is 7.97. The van der Waals surface area contributed by atoms with Crippen LogP contribution in [0.4, 0.5) is 0 Å². The molecule has 0 aliphatic heterocycles. The van der Waals surface area contributed by atoms with Gasteiger partial charge < -0.3 is 9.47 Å². The normalized spacial score (nSPS) is 38.1. The van der Waals surface area contributed by atoms with Crippen LogP contribution < -0.4 is 0 Å². The highest BCUT2D eigenvalue weighted by atomic mass is 16.7. The molecule has 1 atom stereocenters. The van der Waals surface area contributed by atoms with Crippen LogP contribution in [0.1, 0.15) is 65.2 Å². The molecule has 4 aliphatic rings. The molecule has 0 spiro atoms. The van der Waals surface area contributed by atoms with Gasteiger partial charge in [0.1, 0.15) is 0 Å². The Hall–Kier alpha value is -0.830. The molecule has 4 bridgehead atoms. The van der Waals surface area contributed by atoms with E-state index in [2.05, 4.69) is 13.0 Å². The van der Waals surface area contributed by atoms with Gasteiger partial charge in [0.15, 0.2) is 0 Å². The van der Waals surface area contributed by atoms with Gasteiger partial charge in [-0.1, -0.05) is 19.4 Å². The molecule has 0 aromatic heterocycles. The molecular formula is C19H30O3. The summed E-state index contributed by atoms with van der Waals surface area (Å²) < 4.78 is 10.7. The molecule has 1 unspecified atom stereocenters. The van der Waals surface area contributed by atoms with E-state index in [0.717, 1.165) is 36.2 Å². The summed E-state index contributed by atoms with van der Waals surface area (Å²) in [6.07, 6.45) is 11.7. The van der Waals surface area contributed by atoms with Crippen LogP contribution in [-0.4, -0.2) is 19.4 Å². The molecule has 4 saturated carbocycles. The van der Waals surface area contributed by atoms with Crippen molar-refractivity contribution in [3.63, 3.8) is 0 Å². The summed E-state index contributed by atoms with van der Waals surface area (Å²) >= 11 is 0. The molecular weight excluding hydrogens is 276 g/mol. The maximum Gasteiger partial charge on any atom is 0.335 e. The third-order valence-electron chi connectivity index (χ3n) is 5.96. The Morgan fingerprint density at radius 2 is 1.73 bits per heavy atom. The summed E-state index contributed by atoms with van der Waals surface area (Å²) in [5.41, 5.74) is 1.06. The summed E-state index contributed by atoms with van der Waals surface area (Å²) in [5, 5.41) is 0. The van der Waals surface area contributed by atoms with Crippen LogP contribution >= 0.6 is 0 Å². The Morgan fingerprint density at radius 3 is 2.18 bits per heavy atom.